The number of rotatable bonds is 5. The molecule has 0 bridgehead atoms. The summed E-state index contributed by atoms with van der Waals surface area (Å²) in [7, 11) is 0. The third kappa shape index (κ3) is 3.78. The Morgan fingerprint density at radius 3 is 2.53 bits per heavy atom. The zero-order chi connectivity index (χ0) is 13.7. The minimum atomic E-state index is -0.829. The van der Waals surface area contributed by atoms with Gasteiger partial charge in [0.05, 0.1) is 0 Å². The maximum Gasteiger partial charge on any atom is 0.325 e. The molecule has 0 aliphatic carbocycles. The fraction of sp³-hybridized carbons (Fsp3) is 0.533. The van der Waals surface area contributed by atoms with Crippen molar-refractivity contribution >= 4 is 5.97 Å². The van der Waals surface area contributed by atoms with Gasteiger partial charge in [0, 0.05) is 19.3 Å². The molecule has 4 nitrogen and oxygen atoms in total. The van der Waals surface area contributed by atoms with E-state index < -0.39 is 12.0 Å². The first-order chi connectivity index (χ1) is 9.18. The van der Waals surface area contributed by atoms with Gasteiger partial charge in [-0.2, -0.15) is 0 Å². The summed E-state index contributed by atoms with van der Waals surface area (Å²) in [6.07, 6.45) is 1.99. The molecule has 1 aromatic rings. The topological polar surface area (TPSA) is 58.6 Å². The van der Waals surface area contributed by atoms with Crippen LogP contribution in [0.15, 0.2) is 30.3 Å². The van der Waals surface area contributed by atoms with Crippen LogP contribution in [-0.4, -0.2) is 30.3 Å². The van der Waals surface area contributed by atoms with Crippen LogP contribution in [0.2, 0.25) is 0 Å². The smallest absolute Gasteiger partial charge is 0.325 e. The van der Waals surface area contributed by atoms with Crippen LogP contribution in [0.1, 0.15) is 31.4 Å². The molecule has 1 aliphatic heterocycles. The summed E-state index contributed by atoms with van der Waals surface area (Å²) in [5, 5.41) is 12.6. The van der Waals surface area contributed by atoms with Crippen LogP contribution in [0.5, 0.6) is 0 Å². The molecule has 0 aromatic heterocycles. The SMILES string of the molecule is CC(NC(C(=O)O)c1ccccc1)C1CCOCC1. The number of carboxylic acid groups (broad SMARTS) is 1. The van der Waals surface area contributed by atoms with Crippen LogP contribution in [0.4, 0.5) is 0 Å². The summed E-state index contributed by atoms with van der Waals surface area (Å²) in [4.78, 5) is 11.4. The largest absolute Gasteiger partial charge is 0.480 e. The Labute approximate surface area is 113 Å². The van der Waals surface area contributed by atoms with Gasteiger partial charge in [-0.15, -0.1) is 0 Å². The van der Waals surface area contributed by atoms with Crippen molar-refractivity contribution in [3.63, 3.8) is 0 Å². The van der Waals surface area contributed by atoms with E-state index in [1.807, 2.05) is 30.3 Å². The number of benzene rings is 1. The molecule has 2 unspecified atom stereocenters. The van der Waals surface area contributed by atoms with Gasteiger partial charge >= 0.3 is 5.97 Å². The van der Waals surface area contributed by atoms with E-state index in [9.17, 15) is 9.90 Å². The highest BCUT2D eigenvalue weighted by atomic mass is 16.5. The average Bonchev–Trinajstić information content (AvgIpc) is 2.46. The number of carboxylic acids is 1. The van der Waals surface area contributed by atoms with E-state index in [0.29, 0.717) is 5.92 Å². The number of aliphatic carboxylic acids is 1. The van der Waals surface area contributed by atoms with E-state index in [2.05, 4.69) is 12.2 Å². The lowest BCUT2D eigenvalue weighted by molar-refractivity contribution is -0.140. The van der Waals surface area contributed by atoms with Crippen LogP contribution >= 0.6 is 0 Å². The fourth-order valence-corrected chi connectivity index (χ4v) is 2.57. The number of hydrogen-bond donors (Lipinski definition) is 2. The second-order valence-corrected chi connectivity index (χ2v) is 5.09. The standard InChI is InChI=1S/C15H21NO3/c1-11(12-7-9-19-10-8-12)16-14(15(17)18)13-5-3-2-4-6-13/h2-6,11-12,14,16H,7-10H2,1H3,(H,17,18). The molecule has 19 heavy (non-hydrogen) atoms. The monoisotopic (exact) mass is 263 g/mol. The summed E-state index contributed by atoms with van der Waals surface area (Å²) in [5.74, 6) is -0.343. The maximum absolute atomic E-state index is 11.4. The molecule has 1 fully saturated rings. The molecule has 1 heterocycles. The van der Waals surface area contributed by atoms with Crippen molar-refractivity contribution in [3.8, 4) is 0 Å². The molecule has 2 rings (SSSR count). The lowest BCUT2D eigenvalue weighted by Crippen LogP contribution is -2.41. The van der Waals surface area contributed by atoms with E-state index in [4.69, 9.17) is 4.74 Å². The molecule has 0 spiro atoms. The van der Waals surface area contributed by atoms with Crippen molar-refractivity contribution in [1.82, 2.24) is 5.32 Å². The van der Waals surface area contributed by atoms with Crippen LogP contribution in [-0.2, 0) is 9.53 Å². The molecule has 2 atom stereocenters. The third-order valence-electron chi connectivity index (χ3n) is 3.78. The maximum atomic E-state index is 11.4. The van der Waals surface area contributed by atoms with Gasteiger partial charge in [0.1, 0.15) is 6.04 Å². The van der Waals surface area contributed by atoms with Crippen LogP contribution < -0.4 is 5.32 Å². The molecule has 0 saturated carbocycles. The van der Waals surface area contributed by atoms with E-state index in [1.54, 1.807) is 0 Å². The van der Waals surface area contributed by atoms with Gasteiger partial charge in [-0.05, 0) is 31.2 Å². The predicted octanol–water partition coefficient (Wildman–Crippen LogP) is 2.22. The van der Waals surface area contributed by atoms with Crippen molar-refractivity contribution in [2.75, 3.05) is 13.2 Å². The van der Waals surface area contributed by atoms with Crippen molar-refractivity contribution in [1.29, 1.82) is 0 Å². The Balaban J connectivity index is 2.02. The van der Waals surface area contributed by atoms with Crippen molar-refractivity contribution < 1.29 is 14.6 Å². The third-order valence-corrected chi connectivity index (χ3v) is 3.78. The van der Waals surface area contributed by atoms with E-state index >= 15 is 0 Å². The number of nitrogens with one attached hydrogen (secondary N) is 1. The average molecular weight is 263 g/mol. The number of carbonyl (C=O) groups is 1. The van der Waals surface area contributed by atoms with E-state index in [0.717, 1.165) is 31.6 Å². The second kappa shape index (κ2) is 6.68. The Hall–Kier alpha value is -1.39. The molecule has 1 aliphatic rings. The van der Waals surface area contributed by atoms with Gasteiger partial charge in [0.2, 0.25) is 0 Å². The zero-order valence-electron chi connectivity index (χ0n) is 11.2. The molecule has 104 valence electrons. The zero-order valence-corrected chi connectivity index (χ0v) is 11.2. The minimum Gasteiger partial charge on any atom is -0.480 e. The predicted molar refractivity (Wildman–Crippen MR) is 73.0 cm³/mol. The molecular formula is C15H21NO3. The Kier molecular flexibility index (Phi) is 4.93. The van der Waals surface area contributed by atoms with Crippen LogP contribution in [0.3, 0.4) is 0 Å². The van der Waals surface area contributed by atoms with Gasteiger partial charge in [-0.25, -0.2) is 0 Å². The Morgan fingerprint density at radius 2 is 1.95 bits per heavy atom. The van der Waals surface area contributed by atoms with Crippen molar-refractivity contribution in [3.05, 3.63) is 35.9 Å². The summed E-state index contributed by atoms with van der Waals surface area (Å²) >= 11 is 0. The summed E-state index contributed by atoms with van der Waals surface area (Å²) in [6.45, 7) is 3.62. The highest BCUT2D eigenvalue weighted by molar-refractivity contribution is 5.75. The lowest BCUT2D eigenvalue weighted by Gasteiger charge is -2.30. The molecule has 1 saturated heterocycles. The van der Waals surface area contributed by atoms with Gasteiger partial charge in [-0.3, -0.25) is 10.1 Å². The van der Waals surface area contributed by atoms with E-state index in [-0.39, 0.29) is 6.04 Å². The number of hydrogen-bond acceptors (Lipinski definition) is 3. The van der Waals surface area contributed by atoms with Gasteiger partial charge in [0.15, 0.2) is 0 Å². The summed E-state index contributed by atoms with van der Waals surface area (Å²) in [5.41, 5.74) is 0.800. The van der Waals surface area contributed by atoms with Gasteiger partial charge < -0.3 is 9.84 Å². The molecular weight excluding hydrogens is 242 g/mol. The molecule has 4 heteroatoms. The van der Waals surface area contributed by atoms with Crippen molar-refractivity contribution in [2.24, 2.45) is 5.92 Å². The Bertz CT molecular complexity index is 401. The highest BCUT2D eigenvalue weighted by Gasteiger charge is 2.26. The molecule has 1 aromatic carbocycles. The van der Waals surface area contributed by atoms with Crippen molar-refractivity contribution in [2.45, 2.75) is 31.8 Å². The molecule has 0 amide bonds. The van der Waals surface area contributed by atoms with Gasteiger partial charge in [0.25, 0.3) is 0 Å². The summed E-state index contributed by atoms with van der Waals surface area (Å²) in [6, 6.07) is 8.86. The van der Waals surface area contributed by atoms with E-state index in [1.165, 1.54) is 0 Å². The molecule has 0 radical (unpaired) electrons. The highest BCUT2D eigenvalue weighted by Crippen LogP contribution is 2.22. The minimum absolute atomic E-state index is 0.171. The first kappa shape index (κ1) is 14.0. The lowest BCUT2D eigenvalue weighted by atomic mass is 9.92. The van der Waals surface area contributed by atoms with Crippen LogP contribution in [0.25, 0.3) is 0 Å². The van der Waals surface area contributed by atoms with Crippen LogP contribution in [0, 0.1) is 5.92 Å². The quantitative estimate of drug-likeness (QED) is 0.855. The Morgan fingerprint density at radius 1 is 1.32 bits per heavy atom. The normalized spacial score (nSPS) is 19.8. The first-order valence-corrected chi connectivity index (χ1v) is 6.80. The number of ether oxygens (including phenoxy) is 1. The second-order valence-electron chi connectivity index (χ2n) is 5.09. The fourth-order valence-electron chi connectivity index (χ4n) is 2.57. The van der Waals surface area contributed by atoms with Gasteiger partial charge in [-0.1, -0.05) is 30.3 Å². The molecule has 2 N–H and O–H groups in total. The first-order valence-electron chi connectivity index (χ1n) is 6.80. The summed E-state index contributed by atoms with van der Waals surface area (Å²) < 4.78 is 5.34.